The molecule has 9 heteroatoms. The highest BCUT2D eigenvalue weighted by molar-refractivity contribution is 7.92. The Hall–Kier alpha value is -3.30. The van der Waals surface area contributed by atoms with Crippen LogP contribution in [0.25, 0.3) is 11.8 Å². The molecule has 2 aromatic carbocycles. The molecular weight excluding hydrogens is 402 g/mol. The number of nitrogens with zero attached hydrogens (tertiary/aromatic N) is 5. The lowest BCUT2D eigenvalue weighted by Gasteiger charge is -2.33. The van der Waals surface area contributed by atoms with Crippen LogP contribution in [-0.2, 0) is 10.0 Å². The summed E-state index contributed by atoms with van der Waals surface area (Å²) in [4.78, 5) is 18.4. The number of aromatic nitrogens is 3. The second kappa shape index (κ2) is 8.60. The number of sulfonamides is 1. The van der Waals surface area contributed by atoms with Gasteiger partial charge in [0.05, 0.1) is 5.69 Å². The number of carbonyl (C=O) groups is 1. The van der Waals surface area contributed by atoms with Gasteiger partial charge in [0.25, 0.3) is 5.91 Å². The lowest BCUT2D eigenvalue weighted by atomic mass is 10.1. The molecule has 0 radical (unpaired) electrons. The van der Waals surface area contributed by atoms with E-state index in [1.54, 1.807) is 46.3 Å². The van der Waals surface area contributed by atoms with E-state index in [9.17, 15) is 13.2 Å². The number of hydrogen-bond acceptors (Lipinski definition) is 5. The monoisotopic (exact) mass is 423 g/mol. The molecule has 4 rings (SSSR count). The Bertz CT molecular complexity index is 1120. The van der Waals surface area contributed by atoms with Crippen LogP contribution >= 0.6 is 0 Å². The van der Waals surface area contributed by atoms with Crippen LogP contribution in [0.3, 0.4) is 0 Å². The van der Waals surface area contributed by atoms with Gasteiger partial charge in [-0.1, -0.05) is 30.3 Å². The van der Waals surface area contributed by atoms with Gasteiger partial charge in [0.15, 0.2) is 0 Å². The minimum absolute atomic E-state index is 0.114. The molecule has 1 aromatic heterocycles. The maximum Gasteiger partial charge on any atom is 0.253 e. The second-order valence-electron chi connectivity index (χ2n) is 6.84. The van der Waals surface area contributed by atoms with Crippen molar-refractivity contribution in [1.29, 1.82) is 0 Å². The maximum absolute atomic E-state index is 12.8. The van der Waals surface area contributed by atoms with Crippen molar-refractivity contribution in [2.45, 2.75) is 0 Å². The number of hydrogen-bond donors (Lipinski definition) is 0. The van der Waals surface area contributed by atoms with Crippen molar-refractivity contribution in [3.63, 3.8) is 0 Å². The molecule has 1 amide bonds. The highest BCUT2D eigenvalue weighted by Crippen LogP contribution is 2.15. The van der Waals surface area contributed by atoms with Crippen LogP contribution in [-0.4, -0.2) is 64.5 Å². The summed E-state index contributed by atoms with van der Waals surface area (Å²) in [6, 6.07) is 16.4. The average Bonchev–Trinajstić information content (AvgIpc) is 3.33. The molecule has 0 atom stereocenters. The van der Waals surface area contributed by atoms with E-state index in [2.05, 4.69) is 10.1 Å². The van der Waals surface area contributed by atoms with E-state index in [1.807, 2.05) is 30.3 Å². The summed E-state index contributed by atoms with van der Waals surface area (Å²) >= 11 is 0. The first-order valence-corrected chi connectivity index (χ1v) is 11.0. The lowest BCUT2D eigenvalue weighted by molar-refractivity contribution is 0.0698. The Morgan fingerprint density at radius 3 is 2.27 bits per heavy atom. The molecule has 1 aliphatic heterocycles. The van der Waals surface area contributed by atoms with Crippen molar-refractivity contribution in [2.24, 2.45) is 0 Å². The Labute approximate surface area is 175 Å². The third-order valence-electron chi connectivity index (χ3n) is 4.92. The van der Waals surface area contributed by atoms with Gasteiger partial charge in [0, 0.05) is 37.2 Å². The fourth-order valence-corrected chi connectivity index (χ4v) is 4.41. The molecule has 1 saturated heterocycles. The second-order valence-corrected chi connectivity index (χ2v) is 8.66. The highest BCUT2D eigenvalue weighted by atomic mass is 32.2. The van der Waals surface area contributed by atoms with Crippen LogP contribution in [0.1, 0.15) is 15.9 Å². The van der Waals surface area contributed by atoms with Gasteiger partial charge >= 0.3 is 0 Å². The summed E-state index contributed by atoms with van der Waals surface area (Å²) in [6.07, 6.45) is 4.62. The topological polar surface area (TPSA) is 88.4 Å². The standard InChI is InChI=1S/C21H21N5O3S/c27-21(19-6-8-20(9-7-19)26-17-22-16-23-26)24-11-13-25(14-12-24)30(28,29)15-10-18-4-2-1-3-5-18/h1-10,15-17H,11-14H2/b15-10+. The molecular formula is C21H21N5O3S. The Balaban J connectivity index is 1.37. The van der Waals surface area contributed by atoms with E-state index >= 15 is 0 Å². The minimum atomic E-state index is -3.53. The SMILES string of the molecule is O=C(c1ccc(-n2cncn2)cc1)N1CCN(S(=O)(=O)/C=C/c2ccccc2)CC1. The number of benzene rings is 2. The minimum Gasteiger partial charge on any atom is -0.336 e. The molecule has 154 valence electrons. The molecule has 0 aliphatic carbocycles. The van der Waals surface area contributed by atoms with Crippen molar-refractivity contribution in [3.05, 3.63) is 83.8 Å². The van der Waals surface area contributed by atoms with Crippen LogP contribution < -0.4 is 0 Å². The number of amides is 1. The zero-order valence-electron chi connectivity index (χ0n) is 16.2. The molecule has 0 N–H and O–H groups in total. The van der Waals surface area contributed by atoms with E-state index in [4.69, 9.17) is 0 Å². The fourth-order valence-electron chi connectivity index (χ4n) is 3.24. The van der Waals surface area contributed by atoms with E-state index in [1.165, 1.54) is 16.0 Å². The third kappa shape index (κ3) is 4.47. The van der Waals surface area contributed by atoms with Gasteiger partial charge in [-0.05, 0) is 35.9 Å². The van der Waals surface area contributed by atoms with Crippen molar-refractivity contribution in [1.82, 2.24) is 24.0 Å². The first-order chi connectivity index (χ1) is 14.5. The van der Waals surface area contributed by atoms with Gasteiger partial charge in [-0.25, -0.2) is 18.1 Å². The van der Waals surface area contributed by atoms with Gasteiger partial charge < -0.3 is 4.90 Å². The van der Waals surface area contributed by atoms with Gasteiger partial charge in [-0.3, -0.25) is 4.79 Å². The first kappa shape index (κ1) is 20.0. The van der Waals surface area contributed by atoms with Crippen molar-refractivity contribution >= 4 is 22.0 Å². The summed E-state index contributed by atoms with van der Waals surface area (Å²) in [5, 5.41) is 5.28. The molecule has 2 heterocycles. The van der Waals surface area contributed by atoms with Gasteiger partial charge in [-0.2, -0.15) is 9.40 Å². The Morgan fingerprint density at radius 2 is 1.63 bits per heavy atom. The van der Waals surface area contributed by atoms with Crippen LogP contribution in [0, 0.1) is 0 Å². The molecule has 30 heavy (non-hydrogen) atoms. The van der Waals surface area contributed by atoms with E-state index in [0.717, 1.165) is 11.3 Å². The molecule has 0 spiro atoms. The summed E-state index contributed by atoms with van der Waals surface area (Å²) < 4.78 is 28.2. The zero-order chi connectivity index (χ0) is 21.0. The van der Waals surface area contributed by atoms with Crippen molar-refractivity contribution in [3.8, 4) is 5.69 Å². The molecule has 0 bridgehead atoms. The largest absolute Gasteiger partial charge is 0.336 e. The molecule has 1 aliphatic rings. The summed E-state index contributed by atoms with van der Waals surface area (Å²) in [6.45, 7) is 1.23. The van der Waals surface area contributed by atoms with Crippen molar-refractivity contribution in [2.75, 3.05) is 26.2 Å². The maximum atomic E-state index is 12.8. The highest BCUT2D eigenvalue weighted by Gasteiger charge is 2.27. The van der Waals surface area contributed by atoms with Crippen LogP contribution in [0.5, 0.6) is 0 Å². The van der Waals surface area contributed by atoms with Gasteiger partial charge in [0.2, 0.25) is 10.0 Å². The Morgan fingerprint density at radius 1 is 0.933 bits per heavy atom. The van der Waals surface area contributed by atoms with E-state index in [-0.39, 0.29) is 19.0 Å². The molecule has 8 nitrogen and oxygen atoms in total. The fraction of sp³-hybridized carbons (Fsp3) is 0.190. The van der Waals surface area contributed by atoms with Crippen LogP contribution in [0.4, 0.5) is 0 Å². The van der Waals surface area contributed by atoms with E-state index in [0.29, 0.717) is 18.7 Å². The first-order valence-electron chi connectivity index (χ1n) is 9.50. The average molecular weight is 423 g/mol. The molecule has 1 fully saturated rings. The van der Waals surface area contributed by atoms with Crippen LogP contribution in [0.15, 0.2) is 72.7 Å². The third-order valence-corrected chi connectivity index (χ3v) is 6.48. The van der Waals surface area contributed by atoms with Crippen LogP contribution in [0.2, 0.25) is 0 Å². The number of piperazine rings is 1. The number of carbonyl (C=O) groups excluding carboxylic acids is 1. The van der Waals surface area contributed by atoms with Gasteiger partial charge in [-0.15, -0.1) is 0 Å². The molecule has 0 unspecified atom stereocenters. The Kier molecular flexibility index (Phi) is 5.73. The normalized spacial score (nSPS) is 15.5. The zero-order valence-corrected chi connectivity index (χ0v) is 17.0. The molecule has 3 aromatic rings. The summed E-state index contributed by atoms with van der Waals surface area (Å²) in [5.41, 5.74) is 2.19. The smallest absolute Gasteiger partial charge is 0.253 e. The summed E-state index contributed by atoms with van der Waals surface area (Å²) in [7, 11) is -3.53. The van der Waals surface area contributed by atoms with E-state index < -0.39 is 10.0 Å². The predicted octanol–water partition coefficient (Wildman–Crippen LogP) is 2.03. The lowest BCUT2D eigenvalue weighted by Crippen LogP contribution is -2.50. The molecule has 0 saturated carbocycles. The summed E-state index contributed by atoms with van der Waals surface area (Å²) in [5.74, 6) is -0.114. The van der Waals surface area contributed by atoms with Gasteiger partial charge in [0.1, 0.15) is 12.7 Å². The van der Waals surface area contributed by atoms with Crippen molar-refractivity contribution < 1.29 is 13.2 Å². The predicted molar refractivity (Wildman–Crippen MR) is 113 cm³/mol. The quantitative estimate of drug-likeness (QED) is 0.627. The number of rotatable bonds is 5.